The van der Waals surface area contributed by atoms with Crippen LogP contribution in [0.4, 0.5) is 9.18 Å². The van der Waals surface area contributed by atoms with E-state index in [1.165, 1.54) is 23.9 Å². The van der Waals surface area contributed by atoms with Gasteiger partial charge in [-0.2, -0.15) is 0 Å². The van der Waals surface area contributed by atoms with E-state index in [4.69, 9.17) is 4.74 Å². The van der Waals surface area contributed by atoms with Crippen molar-refractivity contribution in [3.63, 3.8) is 0 Å². The fourth-order valence-electron chi connectivity index (χ4n) is 3.78. The topological polar surface area (TPSA) is 89.3 Å². The predicted molar refractivity (Wildman–Crippen MR) is 127 cm³/mol. The highest BCUT2D eigenvalue weighted by Crippen LogP contribution is 2.28. The molecule has 0 atom stereocenters. The van der Waals surface area contributed by atoms with Crippen LogP contribution < -0.4 is 5.32 Å². The van der Waals surface area contributed by atoms with Gasteiger partial charge in [-0.05, 0) is 56.2 Å². The molecule has 1 saturated heterocycles. The molecule has 0 bridgehead atoms. The van der Waals surface area contributed by atoms with Gasteiger partial charge in [0, 0.05) is 30.4 Å². The van der Waals surface area contributed by atoms with Crippen molar-refractivity contribution in [2.45, 2.75) is 31.0 Å². The van der Waals surface area contributed by atoms with Crippen LogP contribution in [0.15, 0.2) is 59.8 Å². The summed E-state index contributed by atoms with van der Waals surface area (Å²) in [5.41, 5.74) is 1.57. The summed E-state index contributed by atoms with van der Waals surface area (Å²) in [6.45, 7) is 3.24. The smallest absolute Gasteiger partial charge is 0.409 e. The van der Waals surface area contributed by atoms with E-state index in [1.54, 1.807) is 24.0 Å². The van der Waals surface area contributed by atoms with Crippen LogP contribution in [0, 0.1) is 5.82 Å². The van der Waals surface area contributed by atoms with E-state index in [9.17, 15) is 14.0 Å². The summed E-state index contributed by atoms with van der Waals surface area (Å²) in [6.07, 6.45) is 1.06. The quantitative estimate of drug-likeness (QED) is 0.513. The lowest BCUT2D eigenvalue weighted by molar-refractivity contribution is -0.119. The molecule has 34 heavy (non-hydrogen) atoms. The van der Waals surface area contributed by atoms with Crippen molar-refractivity contribution in [1.29, 1.82) is 0 Å². The van der Waals surface area contributed by atoms with E-state index in [0.29, 0.717) is 43.5 Å². The van der Waals surface area contributed by atoms with E-state index >= 15 is 0 Å². The molecule has 3 aromatic rings. The van der Waals surface area contributed by atoms with Crippen molar-refractivity contribution >= 4 is 23.8 Å². The molecule has 0 unspecified atom stereocenters. The molecule has 1 aliphatic heterocycles. The van der Waals surface area contributed by atoms with Gasteiger partial charge in [-0.3, -0.25) is 9.36 Å². The molecule has 1 aliphatic rings. The van der Waals surface area contributed by atoms with Crippen molar-refractivity contribution < 1.29 is 18.7 Å². The third-order valence-electron chi connectivity index (χ3n) is 5.47. The number of benzene rings is 2. The predicted octanol–water partition coefficient (Wildman–Crippen LogP) is 3.90. The Bertz CT molecular complexity index is 1120. The van der Waals surface area contributed by atoms with Gasteiger partial charge in [-0.25, -0.2) is 9.18 Å². The highest BCUT2D eigenvalue weighted by molar-refractivity contribution is 7.99. The highest BCUT2D eigenvalue weighted by atomic mass is 32.2. The Morgan fingerprint density at radius 2 is 1.79 bits per heavy atom. The number of nitrogens with zero attached hydrogens (tertiary/aromatic N) is 4. The number of hydrogen-bond acceptors (Lipinski definition) is 6. The van der Waals surface area contributed by atoms with Crippen molar-refractivity contribution in [2.75, 3.05) is 25.4 Å². The zero-order chi connectivity index (χ0) is 23.9. The molecule has 1 fully saturated rings. The van der Waals surface area contributed by atoms with Gasteiger partial charge in [-0.15, -0.1) is 10.2 Å². The van der Waals surface area contributed by atoms with Gasteiger partial charge in [0.15, 0.2) is 11.0 Å². The van der Waals surface area contributed by atoms with Crippen LogP contribution in [0.5, 0.6) is 0 Å². The number of rotatable bonds is 7. The number of halogens is 1. The number of ether oxygens (including phenoxy) is 1. The molecule has 8 nitrogen and oxygen atoms in total. The molecule has 4 rings (SSSR count). The average Bonchev–Trinajstić information content (AvgIpc) is 3.28. The average molecular weight is 484 g/mol. The zero-order valence-corrected chi connectivity index (χ0v) is 19.6. The molecule has 0 aliphatic carbocycles. The maximum atomic E-state index is 13.4. The zero-order valence-electron chi connectivity index (χ0n) is 18.8. The number of piperidine rings is 1. The summed E-state index contributed by atoms with van der Waals surface area (Å²) in [5.74, 6) is 0.312. The summed E-state index contributed by atoms with van der Waals surface area (Å²) < 4.78 is 20.3. The van der Waals surface area contributed by atoms with E-state index in [2.05, 4.69) is 15.5 Å². The number of thioether (sulfide) groups is 1. The van der Waals surface area contributed by atoms with Crippen LogP contribution in [0.1, 0.15) is 19.8 Å². The fourth-order valence-corrected chi connectivity index (χ4v) is 4.54. The lowest BCUT2D eigenvalue weighted by Gasteiger charge is -2.31. The first-order chi connectivity index (χ1) is 16.5. The minimum absolute atomic E-state index is 0.0144. The third-order valence-corrected chi connectivity index (χ3v) is 6.40. The molecule has 2 heterocycles. The maximum Gasteiger partial charge on any atom is 0.409 e. The fraction of sp³-hybridized carbons (Fsp3) is 0.333. The summed E-state index contributed by atoms with van der Waals surface area (Å²) in [6, 6.07) is 15.7. The number of carbonyl (C=O) groups is 2. The second-order valence-electron chi connectivity index (χ2n) is 7.80. The first-order valence-electron chi connectivity index (χ1n) is 11.2. The van der Waals surface area contributed by atoms with Gasteiger partial charge < -0.3 is 15.0 Å². The molecule has 10 heteroatoms. The number of nitrogens with one attached hydrogen (secondary N) is 1. The lowest BCUT2D eigenvalue weighted by Crippen LogP contribution is -2.47. The summed E-state index contributed by atoms with van der Waals surface area (Å²) >= 11 is 1.29. The third kappa shape index (κ3) is 5.74. The second-order valence-corrected chi connectivity index (χ2v) is 8.74. The SMILES string of the molecule is CCOC(=O)N1CCC(NC(=O)CSc2nnc(-c3ccc(F)cc3)n2-c2ccccc2)CC1. The Kier molecular flexibility index (Phi) is 7.79. The Morgan fingerprint density at radius 3 is 2.47 bits per heavy atom. The van der Waals surface area contributed by atoms with Crippen LogP contribution in [0.2, 0.25) is 0 Å². The van der Waals surface area contributed by atoms with E-state index in [0.717, 1.165) is 11.3 Å². The molecule has 0 spiro atoms. The normalized spacial score (nSPS) is 14.1. The number of para-hydroxylation sites is 1. The standard InChI is InChI=1S/C24H26FN5O3S/c1-2-33-24(32)29-14-12-19(13-15-29)26-21(31)16-34-23-28-27-22(17-8-10-18(25)11-9-17)30(23)20-6-4-3-5-7-20/h3-11,19H,2,12-16H2,1H3,(H,26,31). The minimum atomic E-state index is -0.325. The summed E-state index contributed by atoms with van der Waals surface area (Å²) in [4.78, 5) is 26.1. The van der Waals surface area contributed by atoms with Crippen LogP contribution in [0.25, 0.3) is 17.1 Å². The van der Waals surface area contributed by atoms with E-state index in [1.807, 2.05) is 34.9 Å². The van der Waals surface area contributed by atoms with E-state index in [-0.39, 0.29) is 29.6 Å². The number of amides is 2. The van der Waals surface area contributed by atoms with Crippen LogP contribution in [-0.4, -0.2) is 63.2 Å². The van der Waals surface area contributed by atoms with Gasteiger partial charge in [0.2, 0.25) is 5.91 Å². The molecule has 178 valence electrons. The van der Waals surface area contributed by atoms with Crippen LogP contribution in [-0.2, 0) is 9.53 Å². The second kappa shape index (κ2) is 11.1. The van der Waals surface area contributed by atoms with Crippen molar-refractivity contribution in [3.8, 4) is 17.1 Å². The van der Waals surface area contributed by atoms with Crippen molar-refractivity contribution in [2.24, 2.45) is 0 Å². The van der Waals surface area contributed by atoms with Crippen LogP contribution >= 0.6 is 11.8 Å². The minimum Gasteiger partial charge on any atom is -0.450 e. The van der Waals surface area contributed by atoms with E-state index < -0.39 is 0 Å². The number of hydrogen-bond donors (Lipinski definition) is 1. The molecular weight excluding hydrogens is 457 g/mol. The van der Waals surface area contributed by atoms with Gasteiger partial charge in [0.25, 0.3) is 0 Å². The summed E-state index contributed by atoms with van der Waals surface area (Å²) in [7, 11) is 0. The summed E-state index contributed by atoms with van der Waals surface area (Å²) in [5, 5.41) is 12.2. The van der Waals surface area contributed by atoms with Gasteiger partial charge >= 0.3 is 6.09 Å². The molecule has 2 amide bonds. The Balaban J connectivity index is 1.41. The Hall–Kier alpha value is -3.40. The van der Waals surface area contributed by atoms with Crippen LogP contribution in [0.3, 0.4) is 0 Å². The highest BCUT2D eigenvalue weighted by Gasteiger charge is 2.25. The van der Waals surface area contributed by atoms with Crippen molar-refractivity contribution in [1.82, 2.24) is 25.0 Å². The van der Waals surface area contributed by atoms with Gasteiger partial charge in [0.05, 0.1) is 12.4 Å². The molecule has 1 N–H and O–H groups in total. The largest absolute Gasteiger partial charge is 0.450 e. The number of likely N-dealkylation sites (tertiary alicyclic amines) is 1. The molecule has 1 aromatic heterocycles. The maximum absolute atomic E-state index is 13.4. The monoisotopic (exact) mass is 483 g/mol. The van der Waals surface area contributed by atoms with Gasteiger partial charge in [0.1, 0.15) is 5.82 Å². The first-order valence-corrected chi connectivity index (χ1v) is 12.1. The molecular formula is C24H26FN5O3S. The molecule has 0 saturated carbocycles. The first kappa shape index (κ1) is 23.7. The number of carbonyl (C=O) groups excluding carboxylic acids is 2. The number of aromatic nitrogens is 3. The lowest BCUT2D eigenvalue weighted by atomic mass is 10.1. The Morgan fingerprint density at radius 1 is 1.09 bits per heavy atom. The van der Waals surface area contributed by atoms with Crippen molar-refractivity contribution in [3.05, 3.63) is 60.4 Å². The van der Waals surface area contributed by atoms with Gasteiger partial charge in [-0.1, -0.05) is 30.0 Å². The Labute approximate surface area is 201 Å². The molecule has 2 aromatic carbocycles. The molecule has 0 radical (unpaired) electrons.